The Kier molecular flexibility index (Phi) is 12.0. The Labute approximate surface area is 198 Å². The highest BCUT2D eigenvalue weighted by Crippen LogP contribution is 2.38. The summed E-state index contributed by atoms with van der Waals surface area (Å²) in [6, 6.07) is 3.08. The summed E-state index contributed by atoms with van der Waals surface area (Å²) in [5, 5.41) is 0. The molecule has 2 saturated carbocycles. The Balaban J connectivity index is 0.000000479. The van der Waals surface area contributed by atoms with Gasteiger partial charge in [-0.2, -0.15) is 0 Å². The van der Waals surface area contributed by atoms with Crippen LogP contribution >= 0.6 is 0 Å². The normalized spacial score (nSPS) is 21.3. The molecule has 1 aromatic rings. The molecule has 0 atom stereocenters. The van der Waals surface area contributed by atoms with E-state index in [1.165, 1.54) is 52.6 Å². The zero-order chi connectivity index (χ0) is 24.2. The summed E-state index contributed by atoms with van der Waals surface area (Å²) in [6.45, 7) is 3.44. The van der Waals surface area contributed by atoms with Crippen molar-refractivity contribution < 1.29 is 23.1 Å². The molecular formula is C28H42F2O3. The van der Waals surface area contributed by atoms with Gasteiger partial charge in [0.15, 0.2) is 0 Å². The molecule has 2 fully saturated rings. The zero-order valence-corrected chi connectivity index (χ0v) is 20.8. The minimum atomic E-state index is -0.411. The lowest BCUT2D eigenvalue weighted by Crippen LogP contribution is -2.15. The summed E-state index contributed by atoms with van der Waals surface area (Å²) in [6.07, 6.45) is 14.8. The van der Waals surface area contributed by atoms with Crippen molar-refractivity contribution in [3.63, 3.8) is 0 Å². The molecule has 0 unspecified atom stereocenters. The SMILES string of the molecule is CCCC(=O)OC.Cc1c(F)cc(C2CCC(CCCCC3CCC(=O)CC3)CC2)cc1F. The first-order chi connectivity index (χ1) is 15.8. The van der Waals surface area contributed by atoms with E-state index in [-0.39, 0.29) is 11.5 Å². The number of rotatable bonds is 8. The van der Waals surface area contributed by atoms with Crippen molar-refractivity contribution in [2.75, 3.05) is 7.11 Å². The second-order valence-electron chi connectivity index (χ2n) is 9.92. The number of benzene rings is 1. The number of Topliss-reactive ketones (excluding diaryl/α,β-unsaturated/α-hetero) is 1. The molecule has 0 spiro atoms. The molecule has 2 aliphatic rings. The molecule has 0 aromatic heterocycles. The number of carbonyl (C=O) groups excluding carboxylic acids is 2. The number of unbranched alkanes of at least 4 members (excludes halogenated alkanes) is 1. The van der Waals surface area contributed by atoms with Crippen molar-refractivity contribution in [2.24, 2.45) is 11.8 Å². The summed E-state index contributed by atoms with van der Waals surface area (Å²) in [7, 11) is 1.40. The fraction of sp³-hybridized carbons (Fsp3) is 0.714. The topological polar surface area (TPSA) is 43.4 Å². The third-order valence-electron chi connectivity index (χ3n) is 7.44. The van der Waals surface area contributed by atoms with Crippen LogP contribution in [0.3, 0.4) is 0 Å². The Hall–Kier alpha value is -1.78. The molecule has 0 saturated heterocycles. The van der Waals surface area contributed by atoms with Crippen LogP contribution in [-0.2, 0) is 14.3 Å². The quantitative estimate of drug-likeness (QED) is 0.291. The van der Waals surface area contributed by atoms with Gasteiger partial charge in [0.1, 0.15) is 17.4 Å². The van der Waals surface area contributed by atoms with Crippen molar-refractivity contribution in [2.45, 2.75) is 110 Å². The number of halogens is 2. The highest BCUT2D eigenvalue weighted by atomic mass is 19.1. The van der Waals surface area contributed by atoms with E-state index in [0.717, 1.165) is 62.3 Å². The molecule has 0 heterocycles. The first-order valence-electron chi connectivity index (χ1n) is 12.9. The van der Waals surface area contributed by atoms with E-state index >= 15 is 0 Å². The molecule has 186 valence electrons. The minimum absolute atomic E-state index is 0.123. The van der Waals surface area contributed by atoms with Gasteiger partial charge < -0.3 is 4.74 Å². The average molecular weight is 465 g/mol. The Morgan fingerprint density at radius 3 is 1.91 bits per heavy atom. The van der Waals surface area contributed by atoms with Gasteiger partial charge in [0, 0.05) is 24.8 Å². The molecule has 0 amide bonds. The smallest absolute Gasteiger partial charge is 0.305 e. The molecule has 33 heavy (non-hydrogen) atoms. The molecule has 1 aromatic carbocycles. The molecule has 0 radical (unpaired) electrons. The summed E-state index contributed by atoms with van der Waals surface area (Å²) in [5.74, 6) is 1.37. The number of ketones is 1. The van der Waals surface area contributed by atoms with E-state index in [1.54, 1.807) is 12.1 Å². The number of hydrogen-bond donors (Lipinski definition) is 0. The van der Waals surface area contributed by atoms with Crippen LogP contribution in [0.2, 0.25) is 0 Å². The van der Waals surface area contributed by atoms with E-state index in [1.807, 2.05) is 6.92 Å². The van der Waals surface area contributed by atoms with Crippen LogP contribution < -0.4 is 0 Å². The summed E-state index contributed by atoms with van der Waals surface area (Å²) in [5.41, 5.74) is 0.973. The van der Waals surface area contributed by atoms with Gasteiger partial charge in [-0.15, -0.1) is 0 Å². The van der Waals surface area contributed by atoms with Gasteiger partial charge in [0.05, 0.1) is 7.11 Å². The number of carbonyl (C=O) groups is 2. The maximum absolute atomic E-state index is 13.8. The van der Waals surface area contributed by atoms with Crippen LogP contribution in [0.25, 0.3) is 0 Å². The van der Waals surface area contributed by atoms with Crippen molar-refractivity contribution in [3.05, 3.63) is 34.9 Å². The predicted molar refractivity (Wildman–Crippen MR) is 128 cm³/mol. The molecule has 5 heteroatoms. The van der Waals surface area contributed by atoms with E-state index in [4.69, 9.17) is 0 Å². The second kappa shape index (κ2) is 14.5. The van der Waals surface area contributed by atoms with Crippen LogP contribution in [0, 0.1) is 30.4 Å². The average Bonchev–Trinajstić information content (AvgIpc) is 2.82. The number of ether oxygens (including phenoxy) is 1. The zero-order valence-electron chi connectivity index (χ0n) is 20.8. The van der Waals surface area contributed by atoms with E-state index in [0.29, 0.717) is 18.1 Å². The minimum Gasteiger partial charge on any atom is -0.469 e. The maximum atomic E-state index is 13.8. The van der Waals surface area contributed by atoms with Gasteiger partial charge in [-0.25, -0.2) is 8.78 Å². The lowest BCUT2D eigenvalue weighted by atomic mass is 9.76. The van der Waals surface area contributed by atoms with Crippen molar-refractivity contribution in [3.8, 4) is 0 Å². The van der Waals surface area contributed by atoms with Gasteiger partial charge in [0.2, 0.25) is 0 Å². The predicted octanol–water partition coefficient (Wildman–Crippen LogP) is 7.83. The van der Waals surface area contributed by atoms with Crippen molar-refractivity contribution >= 4 is 11.8 Å². The second-order valence-corrected chi connectivity index (χ2v) is 9.92. The van der Waals surface area contributed by atoms with E-state index < -0.39 is 11.6 Å². The van der Waals surface area contributed by atoms with Crippen LogP contribution in [0.5, 0.6) is 0 Å². The van der Waals surface area contributed by atoms with Crippen LogP contribution in [0.15, 0.2) is 12.1 Å². The van der Waals surface area contributed by atoms with Gasteiger partial charge in [0.25, 0.3) is 0 Å². The molecule has 3 nitrogen and oxygen atoms in total. The summed E-state index contributed by atoms with van der Waals surface area (Å²) >= 11 is 0. The number of hydrogen-bond acceptors (Lipinski definition) is 3. The van der Waals surface area contributed by atoms with Crippen molar-refractivity contribution in [1.29, 1.82) is 0 Å². The van der Waals surface area contributed by atoms with Gasteiger partial charge in [-0.1, -0.05) is 32.6 Å². The first-order valence-corrected chi connectivity index (χ1v) is 12.9. The lowest BCUT2D eigenvalue weighted by molar-refractivity contribution is -0.140. The number of esters is 1. The Morgan fingerprint density at radius 1 is 0.939 bits per heavy atom. The standard InChI is InChI=1S/C23H32F2O.C5H10O2/c1-16-22(24)14-20(15-23(16)25)19-10-6-17(7-11-19)4-2-3-5-18-8-12-21(26)13-9-18;1-3-4-5(6)7-2/h14-15,17-19H,2-13H2,1H3;3-4H2,1-2H3. The Bertz CT molecular complexity index is 721. The van der Waals surface area contributed by atoms with Crippen LogP contribution in [0.4, 0.5) is 8.78 Å². The van der Waals surface area contributed by atoms with Crippen molar-refractivity contribution in [1.82, 2.24) is 0 Å². The molecule has 2 aliphatic carbocycles. The first kappa shape index (κ1) is 27.5. The fourth-order valence-electron chi connectivity index (χ4n) is 5.15. The maximum Gasteiger partial charge on any atom is 0.305 e. The van der Waals surface area contributed by atoms with Crippen LogP contribution in [0.1, 0.15) is 114 Å². The van der Waals surface area contributed by atoms with Gasteiger partial charge >= 0.3 is 5.97 Å². The van der Waals surface area contributed by atoms with E-state index in [9.17, 15) is 18.4 Å². The summed E-state index contributed by atoms with van der Waals surface area (Å²) in [4.78, 5) is 21.5. The Morgan fingerprint density at radius 2 is 1.45 bits per heavy atom. The molecule has 0 aliphatic heterocycles. The largest absolute Gasteiger partial charge is 0.469 e. The highest BCUT2D eigenvalue weighted by Gasteiger charge is 2.24. The third kappa shape index (κ3) is 9.54. The molecular weight excluding hydrogens is 422 g/mol. The molecule has 0 N–H and O–H groups in total. The third-order valence-corrected chi connectivity index (χ3v) is 7.44. The fourth-order valence-corrected chi connectivity index (χ4v) is 5.15. The molecule has 3 rings (SSSR count). The highest BCUT2D eigenvalue weighted by molar-refractivity contribution is 5.79. The van der Waals surface area contributed by atoms with Crippen LogP contribution in [-0.4, -0.2) is 18.9 Å². The summed E-state index contributed by atoms with van der Waals surface area (Å²) < 4.78 is 31.9. The number of methoxy groups -OCH3 is 1. The van der Waals surface area contributed by atoms with E-state index in [2.05, 4.69) is 4.74 Å². The van der Waals surface area contributed by atoms with Gasteiger partial charge in [-0.05, 0) is 87.3 Å². The van der Waals surface area contributed by atoms with Gasteiger partial charge in [-0.3, -0.25) is 9.59 Å². The molecule has 0 bridgehead atoms. The monoisotopic (exact) mass is 464 g/mol. The lowest BCUT2D eigenvalue weighted by Gasteiger charge is -2.29.